The van der Waals surface area contributed by atoms with E-state index in [4.69, 9.17) is 9.47 Å². The monoisotopic (exact) mass is 645 g/mol. The Hall–Kier alpha value is -5.27. The fourth-order valence-corrected chi connectivity index (χ4v) is 6.39. The van der Waals surface area contributed by atoms with Crippen LogP contribution in [-0.2, 0) is 21.2 Å². The second-order valence-corrected chi connectivity index (χ2v) is 12.5. The molecule has 0 aromatic heterocycles. The number of carbonyl (C=O) groups is 2. The van der Waals surface area contributed by atoms with Gasteiger partial charge in [-0.1, -0.05) is 24.3 Å². The first kappa shape index (κ1) is 32.1. The molecule has 0 heterocycles. The number of rotatable bonds is 12. The number of hydrogen-bond acceptors (Lipinski definition) is 8. The summed E-state index contributed by atoms with van der Waals surface area (Å²) in [6.45, 7) is 0. The number of nitrogens with one attached hydrogen (secondary N) is 2. The number of hydrogen-bond donors (Lipinski definition) is 3. The first-order chi connectivity index (χ1) is 22.1. The number of carboxylic acid groups (broad SMARTS) is 1. The highest BCUT2D eigenvalue weighted by Gasteiger charge is 2.27. The van der Waals surface area contributed by atoms with E-state index in [-0.39, 0.29) is 46.3 Å². The van der Waals surface area contributed by atoms with Gasteiger partial charge in [0, 0.05) is 18.2 Å². The number of nitro groups is 1. The molecule has 1 aliphatic carbocycles. The fraction of sp³-hybridized carbons (Fsp3) is 0.212. The molecule has 13 heteroatoms. The maximum absolute atomic E-state index is 12.7. The summed E-state index contributed by atoms with van der Waals surface area (Å²) < 4.78 is 40.1. The van der Waals surface area contributed by atoms with Crippen LogP contribution in [0.5, 0.6) is 17.2 Å². The number of benzene rings is 4. The maximum Gasteiger partial charge on any atom is 0.337 e. The smallest absolute Gasteiger partial charge is 0.337 e. The van der Waals surface area contributed by atoms with E-state index in [0.29, 0.717) is 42.9 Å². The van der Waals surface area contributed by atoms with Gasteiger partial charge in [0.2, 0.25) is 15.9 Å². The van der Waals surface area contributed by atoms with Crippen LogP contribution in [-0.4, -0.2) is 42.5 Å². The number of carbonyl (C=O) groups excluding carboxylic acids is 1. The summed E-state index contributed by atoms with van der Waals surface area (Å²) in [5.41, 5.74) is 0.820. The van der Waals surface area contributed by atoms with Gasteiger partial charge >= 0.3 is 5.97 Å². The molecule has 5 rings (SSSR count). The van der Waals surface area contributed by atoms with Gasteiger partial charge in [-0.2, -0.15) is 0 Å². The summed E-state index contributed by atoms with van der Waals surface area (Å²) in [5.74, 6) is 0.366. The zero-order valence-electron chi connectivity index (χ0n) is 24.5. The number of nitro benzene ring substituents is 1. The zero-order chi connectivity index (χ0) is 32.7. The summed E-state index contributed by atoms with van der Waals surface area (Å²) in [6, 6.07) is 24.9. The van der Waals surface area contributed by atoms with Gasteiger partial charge in [0.25, 0.3) is 5.69 Å². The van der Waals surface area contributed by atoms with Crippen LogP contribution in [0.2, 0.25) is 0 Å². The minimum Gasteiger partial charge on any atom is -0.490 e. The average Bonchev–Trinajstić information content (AvgIpc) is 3.04. The number of carboxylic acids is 1. The van der Waals surface area contributed by atoms with E-state index in [9.17, 15) is 33.2 Å². The minimum absolute atomic E-state index is 0.0152. The van der Waals surface area contributed by atoms with Crippen molar-refractivity contribution < 1.29 is 37.5 Å². The molecule has 0 spiro atoms. The third kappa shape index (κ3) is 8.46. The van der Waals surface area contributed by atoms with Crippen LogP contribution in [0.3, 0.4) is 0 Å². The van der Waals surface area contributed by atoms with Crippen molar-refractivity contribution in [1.82, 2.24) is 4.72 Å². The van der Waals surface area contributed by atoms with Gasteiger partial charge < -0.3 is 19.9 Å². The Morgan fingerprint density at radius 2 is 1.41 bits per heavy atom. The van der Waals surface area contributed by atoms with Crippen molar-refractivity contribution in [3.63, 3.8) is 0 Å². The lowest BCUT2D eigenvalue weighted by molar-refractivity contribution is -0.384. The van der Waals surface area contributed by atoms with Crippen LogP contribution < -0.4 is 19.5 Å². The summed E-state index contributed by atoms with van der Waals surface area (Å²) in [7, 11) is -3.80. The van der Waals surface area contributed by atoms with Crippen LogP contribution in [0.1, 0.15) is 41.6 Å². The molecule has 0 aliphatic heterocycles. The topological polar surface area (TPSA) is 174 Å². The molecule has 0 saturated heterocycles. The minimum atomic E-state index is -3.80. The second kappa shape index (κ2) is 14.2. The summed E-state index contributed by atoms with van der Waals surface area (Å²) in [6.07, 6.45) is 2.48. The average molecular weight is 646 g/mol. The van der Waals surface area contributed by atoms with Crippen LogP contribution in [0.4, 0.5) is 11.4 Å². The van der Waals surface area contributed by atoms with Crippen molar-refractivity contribution in [2.45, 2.75) is 49.1 Å². The molecular formula is C33H31N3O9S. The molecule has 1 fully saturated rings. The number of ether oxygens (including phenoxy) is 2. The highest BCUT2D eigenvalue weighted by Crippen LogP contribution is 2.28. The molecule has 12 nitrogen and oxygen atoms in total. The lowest BCUT2D eigenvalue weighted by Gasteiger charge is -2.29. The van der Waals surface area contributed by atoms with Crippen molar-refractivity contribution in [2.24, 2.45) is 0 Å². The van der Waals surface area contributed by atoms with E-state index in [1.54, 1.807) is 66.7 Å². The van der Waals surface area contributed by atoms with E-state index in [1.807, 2.05) is 0 Å². The number of aromatic carboxylic acids is 1. The zero-order valence-corrected chi connectivity index (χ0v) is 25.3. The predicted molar refractivity (Wildman–Crippen MR) is 169 cm³/mol. The number of sulfonamides is 1. The predicted octanol–water partition coefficient (Wildman–Crippen LogP) is 5.94. The molecule has 4 aromatic carbocycles. The van der Waals surface area contributed by atoms with E-state index in [0.717, 1.165) is 5.56 Å². The van der Waals surface area contributed by atoms with E-state index >= 15 is 0 Å². The largest absolute Gasteiger partial charge is 0.490 e. The molecule has 0 bridgehead atoms. The van der Waals surface area contributed by atoms with Gasteiger partial charge in [-0.15, -0.1) is 0 Å². The van der Waals surface area contributed by atoms with Gasteiger partial charge in [-0.05, 0) is 91.9 Å². The summed E-state index contributed by atoms with van der Waals surface area (Å²) >= 11 is 0. The Bertz CT molecular complexity index is 1800. The van der Waals surface area contributed by atoms with E-state index in [2.05, 4.69) is 10.0 Å². The van der Waals surface area contributed by atoms with Crippen molar-refractivity contribution in [2.75, 3.05) is 5.32 Å². The highest BCUT2D eigenvalue weighted by molar-refractivity contribution is 7.89. The second-order valence-electron chi connectivity index (χ2n) is 10.8. The quantitative estimate of drug-likeness (QED) is 0.124. The molecule has 238 valence electrons. The molecule has 1 saturated carbocycles. The summed E-state index contributed by atoms with van der Waals surface area (Å²) in [4.78, 5) is 34.1. The number of amides is 1. The molecule has 46 heavy (non-hydrogen) atoms. The van der Waals surface area contributed by atoms with Gasteiger partial charge in [-0.25, -0.2) is 17.9 Å². The molecule has 1 aliphatic rings. The fourth-order valence-electron chi connectivity index (χ4n) is 5.08. The van der Waals surface area contributed by atoms with Crippen LogP contribution >= 0.6 is 0 Å². The number of nitrogens with zero attached hydrogens (tertiary/aromatic N) is 1. The van der Waals surface area contributed by atoms with Crippen molar-refractivity contribution in [3.8, 4) is 17.2 Å². The Morgan fingerprint density at radius 1 is 0.826 bits per heavy atom. The van der Waals surface area contributed by atoms with Crippen molar-refractivity contribution >= 4 is 33.3 Å². The van der Waals surface area contributed by atoms with Gasteiger partial charge in [0.15, 0.2) is 0 Å². The molecule has 0 radical (unpaired) electrons. The normalized spacial score (nSPS) is 16.3. The van der Waals surface area contributed by atoms with Crippen molar-refractivity contribution in [1.29, 1.82) is 0 Å². The van der Waals surface area contributed by atoms with Crippen molar-refractivity contribution in [3.05, 3.63) is 118 Å². The molecular weight excluding hydrogens is 614 g/mol. The van der Waals surface area contributed by atoms with Crippen LogP contribution in [0, 0.1) is 10.1 Å². The number of anilines is 1. The first-order valence-corrected chi connectivity index (χ1v) is 16.0. The third-order valence-electron chi connectivity index (χ3n) is 7.44. The molecule has 0 atom stereocenters. The molecule has 4 aromatic rings. The lowest BCUT2D eigenvalue weighted by Crippen LogP contribution is -2.39. The standard InChI is InChI=1S/C33H31N3O9S/c37-32(34-31-4-2-1-3-30(31)33(38)39)21-22-5-11-25(12-6-22)44-27-15-17-28(18-16-27)45-26-13-7-23(8-14-26)35-46(42,43)29-19-9-24(10-20-29)36(40)41/h1-6,9-12,15-20,23,26,35H,7-8,13-14,21H2,(H,34,37)(H,38,39). The Labute approximate surface area is 265 Å². The Balaban J connectivity index is 1.06. The van der Waals surface area contributed by atoms with Crippen LogP contribution in [0.25, 0.3) is 0 Å². The number of para-hydroxylation sites is 1. The van der Waals surface area contributed by atoms with E-state index in [1.165, 1.54) is 30.3 Å². The maximum atomic E-state index is 12.7. The van der Waals surface area contributed by atoms with Crippen LogP contribution in [0.15, 0.2) is 102 Å². The van der Waals surface area contributed by atoms with Gasteiger partial charge in [0.05, 0.1) is 33.6 Å². The Kier molecular flexibility index (Phi) is 9.94. The third-order valence-corrected chi connectivity index (χ3v) is 8.97. The highest BCUT2D eigenvalue weighted by atomic mass is 32.2. The summed E-state index contributed by atoms with van der Waals surface area (Å²) in [5, 5.41) is 22.8. The van der Waals surface area contributed by atoms with E-state index < -0.39 is 20.9 Å². The van der Waals surface area contributed by atoms with Gasteiger partial charge in [0.1, 0.15) is 17.2 Å². The lowest BCUT2D eigenvalue weighted by atomic mass is 9.94. The number of non-ortho nitro benzene ring substituents is 1. The molecule has 0 unspecified atom stereocenters. The first-order valence-electron chi connectivity index (χ1n) is 14.5. The van der Waals surface area contributed by atoms with Gasteiger partial charge in [-0.3, -0.25) is 14.9 Å². The SMILES string of the molecule is O=C(Cc1ccc(Oc2ccc(OC3CCC(NS(=O)(=O)c4ccc([N+](=O)[O-])cc4)CC3)cc2)cc1)Nc1ccccc1C(=O)O. The molecule has 3 N–H and O–H groups in total. The molecule has 1 amide bonds. The Morgan fingerprint density at radius 3 is 2.02 bits per heavy atom.